The van der Waals surface area contributed by atoms with E-state index in [2.05, 4.69) is 100 Å². The summed E-state index contributed by atoms with van der Waals surface area (Å²) in [5, 5.41) is 0. The number of nitrogen functional groups attached to an aromatic ring is 2. The number of hydrogen-bond donors (Lipinski definition) is 2. The molecule has 0 amide bonds. The Kier molecular flexibility index (Phi) is 13.6. The van der Waals surface area contributed by atoms with Crippen molar-refractivity contribution in [3.05, 3.63) is 129 Å². The minimum atomic E-state index is 0.451. The van der Waals surface area contributed by atoms with E-state index < -0.39 is 0 Å². The smallest absolute Gasteiger partial charge is 0.0316 e. The largest absolute Gasteiger partial charge is 0.399 e. The van der Waals surface area contributed by atoms with E-state index in [0.717, 1.165) is 11.4 Å². The second-order valence-corrected chi connectivity index (χ2v) is 13.4. The van der Waals surface area contributed by atoms with Crippen molar-refractivity contribution in [2.45, 2.75) is 123 Å². The lowest BCUT2D eigenvalue weighted by atomic mass is 9.84. The maximum Gasteiger partial charge on any atom is 0.0316 e. The quantitative estimate of drug-likeness (QED) is 0.0879. The third-order valence-corrected chi connectivity index (χ3v) is 9.69. The van der Waals surface area contributed by atoms with E-state index in [-0.39, 0.29) is 0 Å². The predicted octanol–water partition coefficient (Wildman–Crippen LogP) is 11.8. The van der Waals surface area contributed by atoms with Gasteiger partial charge in [-0.15, -0.1) is 0 Å². The van der Waals surface area contributed by atoms with Gasteiger partial charge in [-0.1, -0.05) is 119 Å². The second-order valence-electron chi connectivity index (χ2n) is 13.4. The Morgan fingerprint density at radius 2 is 0.822 bits per heavy atom. The molecule has 0 saturated heterocycles. The van der Waals surface area contributed by atoms with E-state index in [0.29, 0.717) is 11.8 Å². The minimum absolute atomic E-state index is 0.451. The van der Waals surface area contributed by atoms with Crippen molar-refractivity contribution in [2.24, 2.45) is 0 Å². The van der Waals surface area contributed by atoms with Crippen LogP contribution in [0, 0.1) is 13.8 Å². The van der Waals surface area contributed by atoms with Crippen LogP contribution in [0.25, 0.3) is 0 Å². The molecule has 0 fully saturated rings. The lowest BCUT2D eigenvalue weighted by Crippen LogP contribution is -2.04. The van der Waals surface area contributed by atoms with Gasteiger partial charge in [0.1, 0.15) is 0 Å². The zero-order chi connectivity index (χ0) is 32.0. The Labute approximate surface area is 274 Å². The van der Waals surface area contributed by atoms with Gasteiger partial charge < -0.3 is 11.5 Å². The summed E-state index contributed by atoms with van der Waals surface area (Å²) < 4.78 is 0. The number of unbranched alkanes of at least 4 members (excludes halogenated alkanes) is 6. The van der Waals surface area contributed by atoms with Gasteiger partial charge in [-0.2, -0.15) is 0 Å². The molecule has 0 aliphatic heterocycles. The number of aryl methyl sites for hydroxylation is 4. The monoisotopic (exact) mass is 602 g/mol. The van der Waals surface area contributed by atoms with Crippen molar-refractivity contribution in [2.75, 3.05) is 11.5 Å². The summed E-state index contributed by atoms with van der Waals surface area (Å²) in [6, 6.07) is 31.7. The van der Waals surface area contributed by atoms with E-state index in [1.54, 1.807) is 0 Å². The molecule has 0 radical (unpaired) electrons. The Hall–Kier alpha value is -3.52. The van der Waals surface area contributed by atoms with E-state index >= 15 is 0 Å². The molecule has 2 atom stereocenters. The van der Waals surface area contributed by atoms with Crippen LogP contribution < -0.4 is 11.5 Å². The molecule has 4 N–H and O–H groups in total. The van der Waals surface area contributed by atoms with Crippen LogP contribution in [0.3, 0.4) is 0 Å². The summed E-state index contributed by atoms with van der Waals surface area (Å²) in [5.41, 5.74) is 25.0. The molecule has 240 valence electrons. The molecular formula is C43H58N2. The highest BCUT2D eigenvalue weighted by molar-refractivity contribution is 5.49. The van der Waals surface area contributed by atoms with E-state index in [9.17, 15) is 0 Å². The molecule has 0 bridgehead atoms. The van der Waals surface area contributed by atoms with Crippen LogP contribution in [0.1, 0.15) is 141 Å². The molecule has 4 aromatic carbocycles. The fraction of sp³-hybridized carbons (Fsp3) is 0.442. The van der Waals surface area contributed by atoms with Crippen molar-refractivity contribution in [3.8, 4) is 0 Å². The average molecular weight is 603 g/mol. The molecule has 0 saturated carbocycles. The van der Waals surface area contributed by atoms with E-state index in [1.807, 2.05) is 12.1 Å². The summed E-state index contributed by atoms with van der Waals surface area (Å²) >= 11 is 0. The summed E-state index contributed by atoms with van der Waals surface area (Å²) in [7, 11) is 0. The van der Waals surface area contributed by atoms with Gasteiger partial charge in [-0.25, -0.2) is 0 Å². The number of nitrogens with two attached hydrogens (primary N) is 2. The third kappa shape index (κ3) is 10.2. The fourth-order valence-electron chi connectivity index (χ4n) is 7.14. The SMILES string of the molecule is CCCC(c1ccc(CCCCCCCCCc2ccc(C(CCC)c3ccc(N)cc3C)cc2)cc1)c1ccc(N)cc1C. The first-order valence-electron chi connectivity index (χ1n) is 17.8. The van der Waals surface area contributed by atoms with Crippen molar-refractivity contribution in [1.82, 2.24) is 0 Å². The van der Waals surface area contributed by atoms with Crippen LogP contribution in [0.4, 0.5) is 11.4 Å². The standard InChI is InChI=1S/C43H58N2/c1-5-14-42(40-28-26-38(44)30-32(40)3)36-22-18-34(19-23-36)16-12-10-8-7-9-11-13-17-35-20-24-37(25-21-35)43(15-6-2)41-29-27-39(45)31-33(41)4/h18-31,42-43H,5-17,44-45H2,1-4H3. The van der Waals surface area contributed by atoms with Crippen LogP contribution in [0.15, 0.2) is 84.9 Å². The number of rotatable bonds is 18. The summed E-state index contributed by atoms with van der Waals surface area (Å²) in [6.45, 7) is 8.93. The van der Waals surface area contributed by atoms with Gasteiger partial charge in [0, 0.05) is 23.2 Å². The maximum absolute atomic E-state index is 6.02. The molecule has 0 aliphatic rings. The molecule has 0 aromatic heterocycles. The Bertz CT molecular complexity index is 1320. The first kappa shape index (κ1) is 34.4. The fourth-order valence-corrected chi connectivity index (χ4v) is 7.14. The van der Waals surface area contributed by atoms with Gasteiger partial charge in [0.25, 0.3) is 0 Å². The first-order chi connectivity index (χ1) is 21.9. The van der Waals surface area contributed by atoms with Crippen LogP contribution in [0.2, 0.25) is 0 Å². The van der Waals surface area contributed by atoms with Gasteiger partial charge in [-0.3, -0.25) is 0 Å². The van der Waals surface area contributed by atoms with Crippen molar-refractivity contribution >= 4 is 11.4 Å². The zero-order valence-electron chi connectivity index (χ0n) is 28.6. The predicted molar refractivity (Wildman–Crippen MR) is 197 cm³/mol. The van der Waals surface area contributed by atoms with Crippen LogP contribution in [0.5, 0.6) is 0 Å². The molecule has 0 heterocycles. The summed E-state index contributed by atoms with van der Waals surface area (Å²) in [6.07, 6.45) is 16.4. The second kappa shape index (κ2) is 17.8. The first-order valence-corrected chi connectivity index (χ1v) is 17.8. The Morgan fingerprint density at radius 1 is 0.467 bits per heavy atom. The molecule has 2 nitrogen and oxygen atoms in total. The van der Waals surface area contributed by atoms with Crippen molar-refractivity contribution < 1.29 is 0 Å². The summed E-state index contributed by atoms with van der Waals surface area (Å²) in [5.74, 6) is 0.902. The topological polar surface area (TPSA) is 52.0 Å². The normalized spacial score (nSPS) is 12.7. The lowest BCUT2D eigenvalue weighted by Gasteiger charge is -2.20. The number of hydrogen-bond acceptors (Lipinski definition) is 2. The van der Waals surface area contributed by atoms with Gasteiger partial charge in [-0.05, 0) is 121 Å². The molecule has 4 rings (SSSR count). The molecule has 0 spiro atoms. The maximum atomic E-state index is 6.02. The summed E-state index contributed by atoms with van der Waals surface area (Å²) in [4.78, 5) is 0. The molecule has 45 heavy (non-hydrogen) atoms. The highest BCUT2D eigenvalue weighted by Crippen LogP contribution is 2.34. The minimum Gasteiger partial charge on any atom is -0.399 e. The van der Waals surface area contributed by atoms with Crippen LogP contribution in [-0.4, -0.2) is 0 Å². The Morgan fingerprint density at radius 3 is 1.16 bits per heavy atom. The van der Waals surface area contributed by atoms with Crippen LogP contribution >= 0.6 is 0 Å². The molecule has 0 aliphatic carbocycles. The molecule has 2 heteroatoms. The van der Waals surface area contributed by atoms with Crippen molar-refractivity contribution in [1.29, 1.82) is 0 Å². The van der Waals surface area contributed by atoms with Gasteiger partial charge in [0.2, 0.25) is 0 Å². The highest BCUT2D eigenvalue weighted by atomic mass is 14.5. The molecule has 2 unspecified atom stereocenters. The Balaban J connectivity index is 1.13. The number of benzene rings is 4. The molecule has 4 aromatic rings. The van der Waals surface area contributed by atoms with E-state index in [1.165, 1.54) is 128 Å². The van der Waals surface area contributed by atoms with Gasteiger partial charge >= 0.3 is 0 Å². The van der Waals surface area contributed by atoms with Gasteiger partial charge in [0.05, 0.1) is 0 Å². The molecular weight excluding hydrogens is 544 g/mol. The third-order valence-electron chi connectivity index (χ3n) is 9.69. The zero-order valence-corrected chi connectivity index (χ0v) is 28.6. The van der Waals surface area contributed by atoms with E-state index in [4.69, 9.17) is 11.5 Å². The average Bonchev–Trinajstić information content (AvgIpc) is 3.03. The van der Waals surface area contributed by atoms with Gasteiger partial charge in [0.15, 0.2) is 0 Å². The lowest BCUT2D eigenvalue weighted by molar-refractivity contribution is 0.579. The van der Waals surface area contributed by atoms with Crippen molar-refractivity contribution in [3.63, 3.8) is 0 Å². The number of anilines is 2. The van der Waals surface area contributed by atoms with Crippen LogP contribution in [-0.2, 0) is 12.8 Å². The highest BCUT2D eigenvalue weighted by Gasteiger charge is 2.17.